The van der Waals surface area contributed by atoms with Crippen LogP contribution in [0.3, 0.4) is 0 Å². The topological polar surface area (TPSA) is 120 Å². The Morgan fingerprint density at radius 1 is 1.33 bits per heavy atom. The van der Waals surface area contributed by atoms with Gasteiger partial charge in [-0.15, -0.1) is 0 Å². The molecule has 2 aromatic rings. The Morgan fingerprint density at radius 2 is 2.05 bits per heavy atom. The molecule has 0 bridgehead atoms. The average Bonchev–Trinajstić information content (AvgIpc) is 2.79. The summed E-state index contributed by atoms with van der Waals surface area (Å²) < 4.78 is 24.3. The van der Waals surface area contributed by atoms with Crippen molar-refractivity contribution in [1.82, 2.24) is 4.57 Å². The molecule has 0 unspecified atom stereocenters. The summed E-state index contributed by atoms with van der Waals surface area (Å²) in [5, 5.41) is 7.68. The molecule has 0 aliphatic heterocycles. The predicted molar refractivity (Wildman–Crippen MR) is 80.3 cm³/mol. The first kappa shape index (κ1) is 15.1. The number of carbonyl (C=O) groups excluding carboxylic acids is 1. The Hall–Kier alpha value is -2.32. The minimum Gasteiger partial charge on any atom is -0.397 e. The number of rotatable bonds is 4. The zero-order chi connectivity index (χ0) is 15.6. The number of aryl methyl sites for hydroxylation is 1. The van der Waals surface area contributed by atoms with Crippen LogP contribution < -0.4 is 16.2 Å². The van der Waals surface area contributed by atoms with Crippen molar-refractivity contribution in [2.45, 2.75) is 18.4 Å². The molecular weight excluding hydrogens is 292 g/mol. The lowest BCUT2D eigenvalue weighted by molar-refractivity contribution is 0.101. The third-order valence-electron chi connectivity index (χ3n) is 2.91. The number of nitrogens with two attached hydrogens (primary N) is 2. The van der Waals surface area contributed by atoms with Gasteiger partial charge in [-0.05, 0) is 31.2 Å². The van der Waals surface area contributed by atoms with Gasteiger partial charge in [0.25, 0.3) is 5.91 Å². The van der Waals surface area contributed by atoms with Crippen LogP contribution in [-0.2, 0) is 16.6 Å². The third-order valence-corrected chi connectivity index (χ3v) is 3.82. The molecule has 0 radical (unpaired) electrons. The zero-order valence-electron chi connectivity index (χ0n) is 11.4. The number of nitrogens with zero attached hydrogens (tertiary/aromatic N) is 1. The van der Waals surface area contributed by atoms with E-state index < -0.39 is 10.0 Å². The minimum absolute atomic E-state index is 0.0642. The van der Waals surface area contributed by atoms with Gasteiger partial charge in [-0.3, -0.25) is 4.79 Å². The average molecular weight is 308 g/mol. The highest BCUT2D eigenvalue weighted by Gasteiger charge is 2.14. The maximum absolute atomic E-state index is 12.2. The second-order valence-corrected chi connectivity index (χ2v) is 6.03. The van der Waals surface area contributed by atoms with E-state index >= 15 is 0 Å². The number of anilines is 2. The highest BCUT2D eigenvalue weighted by molar-refractivity contribution is 7.89. The molecule has 1 aromatic carbocycles. The van der Waals surface area contributed by atoms with Gasteiger partial charge >= 0.3 is 0 Å². The van der Waals surface area contributed by atoms with E-state index in [0.717, 1.165) is 0 Å². The van der Waals surface area contributed by atoms with Crippen LogP contribution in [-0.4, -0.2) is 18.9 Å². The first-order chi connectivity index (χ1) is 9.81. The summed E-state index contributed by atoms with van der Waals surface area (Å²) in [5.41, 5.74) is 6.90. The Balaban J connectivity index is 2.28. The molecule has 2 rings (SSSR count). The van der Waals surface area contributed by atoms with Crippen molar-refractivity contribution in [3.8, 4) is 0 Å². The van der Waals surface area contributed by atoms with Gasteiger partial charge in [-0.25, -0.2) is 13.6 Å². The van der Waals surface area contributed by atoms with Crippen molar-refractivity contribution in [3.63, 3.8) is 0 Å². The van der Waals surface area contributed by atoms with Gasteiger partial charge in [0.05, 0.1) is 10.6 Å². The minimum atomic E-state index is -3.81. The van der Waals surface area contributed by atoms with E-state index in [-0.39, 0.29) is 10.8 Å². The molecule has 0 spiro atoms. The zero-order valence-corrected chi connectivity index (χ0v) is 12.2. The lowest BCUT2D eigenvalue weighted by Gasteiger charge is -2.08. The van der Waals surface area contributed by atoms with E-state index in [1.165, 1.54) is 18.2 Å². The van der Waals surface area contributed by atoms with E-state index in [0.29, 0.717) is 23.6 Å². The number of hydrogen-bond donors (Lipinski definition) is 3. The number of sulfonamides is 1. The van der Waals surface area contributed by atoms with Crippen LogP contribution in [0.15, 0.2) is 41.4 Å². The Kier molecular flexibility index (Phi) is 4.01. The fraction of sp³-hybridized carbons (Fsp3) is 0.154. The molecule has 5 N–H and O–H groups in total. The molecule has 21 heavy (non-hydrogen) atoms. The van der Waals surface area contributed by atoms with Gasteiger partial charge in [0.1, 0.15) is 5.69 Å². The summed E-state index contributed by atoms with van der Waals surface area (Å²) in [4.78, 5) is 12.1. The molecule has 0 saturated heterocycles. The lowest BCUT2D eigenvalue weighted by atomic mass is 10.3. The number of primary sulfonamides is 1. The number of nitrogen functional groups attached to an aromatic ring is 1. The lowest BCUT2D eigenvalue weighted by Crippen LogP contribution is -2.17. The predicted octanol–water partition coefficient (Wildman–Crippen LogP) is 0.990. The van der Waals surface area contributed by atoms with Crippen LogP contribution in [0.25, 0.3) is 0 Å². The van der Waals surface area contributed by atoms with Gasteiger partial charge in [-0.2, -0.15) is 0 Å². The Morgan fingerprint density at radius 3 is 2.67 bits per heavy atom. The largest absolute Gasteiger partial charge is 0.397 e. The molecule has 7 nitrogen and oxygen atoms in total. The van der Waals surface area contributed by atoms with Crippen molar-refractivity contribution in [2.75, 3.05) is 11.1 Å². The molecular formula is C13H16N4O3S. The number of benzene rings is 1. The number of carbonyl (C=O) groups is 1. The van der Waals surface area contributed by atoms with Crippen molar-refractivity contribution in [3.05, 3.63) is 42.2 Å². The maximum atomic E-state index is 12.2. The maximum Gasteiger partial charge on any atom is 0.272 e. The van der Waals surface area contributed by atoms with Crippen molar-refractivity contribution >= 4 is 27.3 Å². The first-order valence-electron chi connectivity index (χ1n) is 6.21. The fourth-order valence-electron chi connectivity index (χ4n) is 1.93. The Bertz CT molecular complexity index is 780. The van der Waals surface area contributed by atoms with Crippen LogP contribution >= 0.6 is 0 Å². The highest BCUT2D eigenvalue weighted by Crippen LogP contribution is 2.17. The van der Waals surface area contributed by atoms with Gasteiger partial charge in [0, 0.05) is 18.4 Å². The first-order valence-corrected chi connectivity index (χ1v) is 7.75. The van der Waals surface area contributed by atoms with Crippen LogP contribution in [0.2, 0.25) is 0 Å². The van der Waals surface area contributed by atoms with E-state index in [1.807, 2.05) is 6.92 Å². The molecule has 0 fully saturated rings. The molecule has 1 heterocycles. The summed E-state index contributed by atoms with van der Waals surface area (Å²) in [6.45, 7) is 2.48. The van der Waals surface area contributed by atoms with Gasteiger partial charge in [0.15, 0.2) is 0 Å². The van der Waals surface area contributed by atoms with E-state index in [1.54, 1.807) is 22.9 Å². The molecule has 0 aliphatic carbocycles. The van der Waals surface area contributed by atoms with Crippen LogP contribution in [0.5, 0.6) is 0 Å². The van der Waals surface area contributed by atoms with Crippen LogP contribution in [0, 0.1) is 0 Å². The number of nitrogens with one attached hydrogen (secondary N) is 1. The number of amides is 1. The summed E-state index contributed by atoms with van der Waals surface area (Å²) in [5.74, 6) is -0.375. The second-order valence-electron chi connectivity index (χ2n) is 4.47. The van der Waals surface area contributed by atoms with Gasteiger partial charge < -0.3 is 15.6 Å². The molecule has 1 aromatic heterocycles. The molecule has 8 heteroatoms. The highest BCUT2D eigenvalue weighted by atomic mass is 32.2. The number of aromatic nitrogens is 1. The monoisotopic (exact) mass is 308 g/mol. The van der Waals surface area contributed by atoms with E-state index in [2.05, 4.69) is 5.32 Å². The smallest absolute Gasteiger partial charge is 0.272 e. The molecule has 0 saturated carbocycles. The van der Waals surface area contributed by atoms with Crippen molar-refractivity contribution < 1.29 is 13.2 Å². The van der Waals surface area contributed by atoms with Crippen LogP contribution in [0.4, 0.5) is 11.4 Å². The van der Waals surface area contributed by atoms with Gasteiger partial charge in [0.2, 0.25) is 10.0 Å². The Labute approximate surface area is 122 Å². The standard InChI is InChI=1S/C13H16N4O3S/c1-2-17-8-9(14)6-12(17)13(18)16-10-4-3-5-11(7-10)21(15,19)20/h3-8H,2,14H2,1H3,(H,16,18)(H2,15,19,20). The fourth-order valence-corrected chi connectivity index (χ4v) is 2.49. The summed E-state index contributed by atoms with van der Waals surface area (Å²) in [6, 6.07) is 7.30. The van der Waals surface area contributed by atoms with Gasteiger partial charge in [-0.1, -0.05) is 6.07 Å². The van der Waals surface area contributed by atoms with Crippen LogP contribution in [0.1, 0.15) is 17.4 Å². The van der Waals surface area contributed by atoms with Crippen molar-refractivity contribution in [1.29, 1.82) is 0 Å². The second kappa shape index (κ2) is 5.58. The van der Waals surface area contributed by atoms with E-state index in [4.69, 9.17) is 10.9 Å². The van der Waals surface area contributed by atoms with Crippen molar-refractivity contribution in [2.24, 2.45) is 5.14 Å². The normalized spacial score (nSPS) is 11.3. The molecule has 0 atom stereocenters. The summed E-state index contributed by atoms with van der Waals surface area (Å²) >= 11 is 0. The molecule has 0 aliphatic rings. The summed E-state index contributed by atoms with van der Waals surface area (Å²) in [7, 11) is -3.81. The molecule has 112 valence electrons. The third kappa shape index (κ3) is 3.41. The summed E-state index contributed by atoms with van der Waals surface area (Å²) in [6.07, 6.45) is 1.66. The molecule has 1 amide bonds. The SMILES string of the molecule is CCn1cc(N)cc1C(=O)Nc1cccc(S(N)(=O)=O)c1. The van der Waals surface area contributed by atoms with E-state index in [9.17, 15) is 13.2 Å². The number of hydrogen-bond acceptors (Lipinski definition) is 4. The quantitative estimate of drug-likeness (QED) is 0.780.